The highest BCUT2D eigenvalue weighted by Crippen LogP contribution is 2.16. The Hall–Kier alpha value is -2.58. The van der Waals surface area contributed by atoms with Crippen molar-refractivity contribution < 1.29 is 32.3 Å². The van der Waals surface area contributed by atoms with Crippen molar-refractivity contribution in [1.29, 1.82) is 0 Å². The largest absolute Gasteiger partial charge is 0.466 e. The van der Waals surface area contributed by atoms with Gasteiger partial charge in [0.05, 0.1) is 13.0 Å². The van der Waals surface area contributed by atoms with Crippen molar-refractivity contribution in [1.82, 2.24) is 5.32 Å². The maximum Gasteiger partial charge on any atom is 0.306 e. The second-order valence-electron chi connectivity index (χ2n) is 5.08. The number of nitrogens with one attached hydrogen (secondary N) is 1. The highest BCUT2D eigenvalue weighted by molar-refractivity contribution is 5.98. The number of halogens is 3. The first-order valence-corrected chi connectivity index (χ1v) is 7.07. The number of carbonyl (C=O) groups is 3. The molecule has 0 unspecified atom stereocenters. The van der Waals surface area contributed by atoms with Crippen molar-refractivity contribution in [2.45, 2.75) is 26.3 Å². The summed E-state index contributed by atoms with van der Waals surface area (Å²) in [5.74, 6) is -7.73. The molecule has 1 aromatic carbocycles. The second kappa shape index (κ2) is 8.32. The van der Waals surface area contributed by atoms with Gasteiger partial charge in [0.15, 0.2) is 0 Å². The molecule has 132 valence electrons. The number of hydrogen-bond acceptors (Lipinski definition) is 4. The minimum Gasteiger partial charge on any atom is -0.466 e. The summed E-state index contributed by atoms with van der Waals surface area (Å²) >= 11 is 0. The van der Waals surface area contributed by atoms with Crippen molar-refractivity contribution in [2.75, 3.05) is 6.61 Å². The van der Waals surface area contributed by atoms with E-state index in [0.717, 1.165) is 0 Å². The normalized spacial score (nSPS) is 13.0. The topological polar surface area (TPSA) is 98.5 Å². The minimum atomic E-state index is -1.42. The van der Waals surface area contributed by atoms with Gasteiger partial charge in [0.25, 0.3) is 5.91 Å². The lowest BCUT2D eigenvalue weighted by molar-refractivity contribution is -0.144. The SMILES string of the molecule is CCOC(=O)C[C@@H](C)[C@@H](NC(=O)c1c(F)cc(F)cc1F)C(N)=O. The van der Waals surface area contributed by atoms with Gasteiger partial charge < -0.3 is 15.8 Å². The Morgan fingerprint density at radius 3 is 2.21 bits per heavy atom. The van der Waals surface area contributed by atoms with E-state index in [1.165, 1.54) is 6.92 Å². The van der Waals surface area contributed by atoms with Gasteiger partial charge in [-0.3, -0.25) is 14.4 Å². The van der Waals surface area contributed by atoms with Crippen LogP contribution >= 0.6 is 0 Å². The van der Waals surface area contributed by atoms with E-state index in [1.807, 2.05) is 0 Å². The zero-order valence-corrected chi connectivity index (χ0v) is 13.1. The molecule has 3 N–H and O–H groups in total. The minimum absolute atomic E-state index is 0.130. The summed E-state index contributed by atoms with van der Waals surface area (Å²) in [5, 5.41) is 2.06. The summed E-state index contributed by atoms with van der Waals surface area (Å²) in [4.78, 5) is 34.9. The summed E-state index contributed by atoms with van der Waals surface area (Å²) in [7, 11) is 0. The zero-order chi connectivity index (χ0) is 18.4. The molecule has 0 heterocycles. The number of amides is 2. The fourth-order valence-corrected chi connectivity index (χ4v) is 2.07. The Morgan fingerprint density at radius 1 is 1.21 bits per heavy atom. The van der Waals surface area contributed by atoms with E-state index >= 15 is 0 Å². The number of rotatable bonds is 7. The zero-order valence-electron chi connectivity index (χ0n) is 13.1. The maximum absolute atomic E-state index is 13.6. The molecule has 1 aromatic rings. The summed E-state index contributed by atoms with van der Waals surface area (Å²) in [6.45, 7) is 3.16. The molecular weight excluding hydrogens is 329 g/mol. The number of primary amides is 1. The van der Waals surface area contributed by atoms with Gasteiger partial charge in [-0.1, -0.05) is 6.92 Å². The van der Waals surface area contributed by atoms with Crippen molar-refractivity contribution in [3.05, 3.63) is 35.1 Å². The van der Waals surface area contributed by atoms with Gasteiger partial charge in [0.1, 0.15) is 29.1 Å². The van der Waals surface area contributed by atoms with Crippen LogP contribution in [0.25, 0.3) is 0 Å². The molecule has 0 spiro atoms. The standard InChI is InChI=1S/C15H17F3N2O4/c1-3-24-11(21)4-7(2)13(14(19)22)20-15(23)12-9(17)5-8(16)6-10(12)18/h5-7,13H,3-4H2,1-2H3,(H2,19,22)(H,20,23)/t7-,13-/m1/s1. The summed E-state index contributed by atoms with van der Waals surface area (Å²) in [6.07, 6.45) is -0.240. The van der Waals surface area contributed by atoms with Crippen LogP contribution < -0.4 is 11.1 Å². The van der Waals surface area contributed by atoms with Crippen LogP contribution in [0.1, 0.15) is 30.6 Å². The molecule has 0 aliphatic heterocycles. The molecule has 0 aliphatic carbocycles. The molecule has 0 radical (unpaired) electrons. The fourth-order valence-electron chi connectivity index (χ4n) is 2.07. The van der Waals surface area contributed by atoms with E-state index in [0.29, 0.717) is 12.1 Å². The van der Waals surface area contributed by atoms with Gasteiger partial charge in [-0.05, 0) is 12.8 Å². The third-order valence-corrected chi connectivity index (χ3v) is 3.19. The Morgan fingerprint density at radius 2 is 1.75 bits per heavy atom. The van der Waals surface area contributed by atoms with Crippen LogP contribution in [0.4, 0.5) is 13.2 Å². The molecule has 24 heavy (non-hydrogen) atoms. The van der Waals surface area contributed by atoms with Gasteiger partial charge in [-0.2, -0.15) is 0 Å². The quantitative estimate of drug-likeness (QED) is 0.727. The first kappa shape index (κ1) is 19.5. The van der Waals surface area contributed by atoms with Gasteiger partial charge in [-0.15, -0.1) is 0 Å². The maximum atomic E-state index is 13.6. The molecule has 0 bridgehead atoms. The van der Waals surface area contributed by atoms with E-state index in [-0.39, 0.29) is 13.0 Å². The molecule has 0 fully saturated rings. The lowest BCUT2D eigenvalue weighted by atomic mass is 9.97. The number of hydrogen-bond donors (Lipinski definition) is 2. The highest BCUT2D eigenvalue weighted by atomic mass is 19.1. The average molecular weight is 346 g/mol. The van der Waals surface area contributed by atoms with Gasteiger partial charge >= 0.3 is 5.97 Å². The Labute approximate surface area is 136 Å². The molecular formula is C15H17F3N2O4. The van der Waals surface area contributed by atoms with E-state index in [4.69, 9.17) is 10.5 Å². The molecule has 0 saturated carbocycles. The Balaban J connectivity index is 2.95. The van der Waals surface area contributed by atoms with Crippen LogP contribution in [-0.2, 0) is 14.3 Å². The van der Waals surface area contributed by atoms with Crippen LogP contribution in [0.2, 0.25) is 0 Å². The molecule has 9 heteroatoms. The van der Waals surface area contributed by atoms with Crippen LogP contribution in [0.3, 0.4) is 0 Å². The second-order valence-corrected chi connectivity index (χ2v) is 5.08. The van der Waals surface area contributed by atoms with Crippen molar-refractivity contribution in [2.24, 2.45) is 11.7 Å². The lowest BCUT2D eigenvalue weighted by Crippen LogP contribution is -2.49. The smallest absolute Gasteiger partial charge is 0.306 e. The third-order valence-electron chi connectivity index (χ3n) is 3.19. The number of nitrogens with two attached hydrogens (primary N) is 1. The van der Waals surface area contributed by atoms with Crippen LogP contribution in [0, 0.1) is 23.4 Å². The van der Waals surface area contributed by atoms with Crippen molar-refractivity contribution in [3.63, 3.8) is 0 Å². The number of esters is 1. The first-order chi connectivity index (χ1) is 11.2. The average Bonchev–Trinajstić information content (AvgIpc) is 2.43. The van der Waals surface area contributed by atoms with Crippen LogP contribution in [-0.4, -0.2) is 30.4 Å². The van der Waals surface area contributed by atoms with Crippen LogP contribution in [0.15, 0.2) is 12.1 Å². The molecule has 2 atom stereocenters. The summed E-state index contributed by atoms with van der Waals surface area (Å²) < 4.78 is 44.8. The number of benzene rings is 1. The van der Waals surface area contributed by atoms with Gasteiger partial charge in [0.2, 0.25) is 5.91 Å². The van der Waals surface area contributed by atoms with Crippen molar-refractivity contribution >= 4 is 17.8 Å². The summed E-state index contributed by atoms with van der Waals surface area (Å²) in [6, 6.07) is -0.704. The number of ether oxygens (including phenoxy) is 1. The van der Waals surface area contributed by atoms with E-state index < -0.39 is 52.8 Å². The Kier molecular flexibility index (Phi) is 6.75. The van der Waals surface area contributed by atoms with E-state index in [2.05, 4.69) is 5.32 Å². The van der Waals surface area contributed by atoms with E-state index in [9.17, 15) is 27.6 Å². The predicted octanol–water partition coefficient (Wildman–Crippen LogP) is 1.28. The van der Waals surface area contributed by atoms with Gasteiger partial charge in [-0.25, -0.2) is 13.2 Å². The fraction of sp³-hybridized carbons (Fsp3) is 0.400. The third kappa shape index (κ3) is 4.97. The molecule has 6 nitrogen and oxygen atoms in total. The first-order valence-electron chi connectivity index (χ1n) is 7.07. The molecule has 0 saturated heterocycles. The lowest BCUT2D eigenvalue weighted by Gasteiger charge is -2.22. The predicted molar refractivity (Wildman–Crippen MR) is 77.2 cm³/mol. The molecule has 0 aliphatic rings. The number of carbonyl (C=O) groups excluding carboxylic acids is 3. The molecule has 2 amide bonds. The molecule has 0 aromatic heterocycles. The highest BCUT2D eigenvalue weighted by Gasteiger charge is 2.29. The monoisotopic (exact) mass is 346 g/mol. The Bertz CT molecular complexity index is 629. The van der Waals surface area contributed by atoms with E-state index in [1.54, 1.807) is 6.92 Å². The van der Waals surface area contributed by atoms with Gasteiger partial charge in [0, 0.05) is 12.1 Å². The van der Waals surface area contributed by atoms with Crippen molar-refractivity contribution in [3.8, 4) is 0 Å². The van der Waals surface area contributed by atoms with Crippen LogP contribution in [0.5, 0.6) is 0 Å². The molecule has 1 rings (SSSR count). The summed E-state index contributed by atoms with van der Waals surface area (Å²) in [5.41, 5.74) is 4.11.